The van der Waals surface area contributed by atoms with Gasteiger partial charge in [-0.15, -0.1) is 0 Å². The van der Waals surface area contributed by atoms with Crippen LogP contribution in [0.2, 0.25) is 0 Å². The molecule has 0 aromatic heterocycles. The van der Waals surface area contributed by atoms with Crippen LogP contribution in [0.5, 0.6) is 0 Å². The fraction of sp³-hybridized carbons (Fsp3) is 1.00. The van der Waals surface area contributed by atoms with E-state index in [1.54, 1.807) is 0 Å². The van der Waals surface area contributed by atoms with Gasteiger partial charge in [0.25, 0.3) is 6.43 Å². The summed E-state index contributed by atoms with van der Waals surface area (Å²) in [6, 6.07) is 0. The average molecular weight is 252 g/mol. The third-order valence-electron chi connectivity index (χ3n) is 2.22. The predicted molar refractivity (Wildman–Crippen MR) is 66.7 cm³/mol. The smallest absolute Gasteiger partial charge is 0.261 e. The van der Waals surface area contributed by atoms with Crippen LogP contribution in [0.25, 0.3) is 0 Å². The van der Waals surface area contributed by atoms with Crippen molar-refractivity contribution in [3.8, 4) is 0 Å². The maximum absolute atomic E-state index is 11.8. The summed E-state index contributed by atoms with van der Waals surface area (Å²) in [5.74, 6) is 0. The SMILES string of the molecule is CN(CCCOCC(F)F)CCNC(C)(C)C. The van der Waals surface area contributed by atoms with Gasteiger partial charge in [-0.3, -0.25) is 0 Å². The Morgan fingerprint density at radius 1 is 1.24 bits per heavy atom. The molecular formula is C12H26F2N2O. The molecule has 17 heavy (non-hydrogen) atoms. The summed E-state index contributed by atoms with van der Waals surface area (Å²) in [6.07, 6.45) is -1.57. The molecule has 3 nitrogen and oxygen atoms in total. The molecule has 104 valence electrons. The molecule has 0 aromatic rings. The molecule has 0 amide bonds. The van der Waals surface area contributed by atoms with E-state index in [4.69, 9.17) is 4.74 Å². The van der Waals surface area contributed by atoms with Gasteiger partial charge in [0.1, 0.15) is 6.61 Å². The summed E-state index contributed by atoms with van der Waals surface area (Å²) in [5, 5.41) is 3.40. The Kier molecular flexibility index (Phi) is 8.64. The minimum Gasteiger partial charge on any atom is -0.375 e. The number of nitrogens with one attached hydrogen (secondary N) is 1. The van der Waals surface area contributed by atoms with E-state index in [2.05, 4.69) is 31.0 Å². The lowest BCUT2D eigenvalue weighted by Gasteiger charge is -2.23. The highest BCUT2D eigenvalue weighted by Crippen LogP contribution is 1.98. The highest BCUT2D eigenvalue weighted by Gasteiger charge is 2.08. The van der Waals surface area contributed by atoms with Gasteiger partial charge < -0.3 is 15.0 Å². The Hall–Kier alpha value is -0.260. The Labute approximate surface area is 104 Å². The van der Waals surface area contributed by atoms with Crippen molar-refractivity contribution in [2.45, 2.75) is 39.2 Å². The minimum atomic E-state index is -2.36. The van der Waals surface area contributed by atoms with Crippen molar-refractivity contribution in [3.63, 3.8) is 0 Å². The second-order valence-corrected chi connectivity index (χ2v) is 5.30. The lowest BCUT2D eigenvalue weighted by molar-refractivity contribution is 0.0150. The molecular weight excluding hydrogens is 226 g/mol. The summed E-state index contributed by atoms with van der Waals surface area (Å²) in [5.41, 5.74) is 0.140. The van der Waals surface area contributed by atoms with Crippen molar-refractivity contribution < 1.29 is 13.5 Å². The Balaban J connectivity index is 3.32. The molecule has 0 spiro atoms. The molecule has 0 bridgehead atoms. The topological polar surface area (TPSA) is 24.5 Å². The molecule has 0 aliphatic heterocycles. The molecule has 0 saturated carbocycles. The standard InChI is InChI=1S/C12H26F2N2O/c1-12(2,3)15-6-8-16(4)7-5-9-17-10-11(13)14/h11,15H,5-10H2,1-4H3. The van der Waals surface area contributed by atoms with Gasteiger partial charge in [0, 0.05) is 31.8 Å². The molecule has 0 fully saturated rings. The zero-order chi connectivity index (χ0) is 13.3. The van der Waals surface area contributed by atoms with Crippen LogP contribution in [-0.2, 0) is 4.74 Å². The van der Waals surface area contributed by atoms with Crippen LogP contribution in [-0.4, -0.2) is 56.8 Å². The number of hydrogen-bond acceptors (Lipinski definition) is 3. The maximum Gasteiger partial charge on any atom is 0.261 e. The van der Waals surface area contributed by atoms with E-state index in [9.17, 15) is 8.78 Å². The molecule has 0 aromatic carbocycles. The quantitative estimate of drug-likeness (QED) is 0.635. The van der Waals surface area contributed by atoms with Gasteiger partial charge in [-0.05, 0) is 34.2 Å². The zero-order valence-electron chi connectivity index (χ0n) is 11.4. The predicted octanol–water partition coefficient (Wildman–Crippen LogP) is 1.98. The summed E-state index contributed by atoms with van der Waals surface area (Å²) in [7, 11) is 2.03. The molecule has 0 unspecified atom stereocenters. The van der Waals surface area contributed by atoms with Gasteiger partial charge in [-0.25, -0.2) is 8.78 Å². The van der Waals surface area contributed by atoms with Gasteiger partial charge >= 0.3 is 0 Å². The van der Waals surface area contributed by atoms with E-state index < -0.39 is 13.0 Å². The Morgan fingerprint density at radius 3 is 2.41 bits per heavy atom. The summed E-state index contributed by atoms with van der Waals surface area (Å²) >= 11 is 0. The van der Waals surface area contributed by atoms with Crippen LogP contribution in [0.1, 0.15) is 27.2 Å². The molecule has 0 aliphatic rings. The van der Waals surface area contributed by atoms with E-state index in [0.717, 1.165) is 26.1 Å². The van der Waals surface area contributed by atoms with Crippen LogP contribution in [0.15, 0.2) is 0 Å². The fourth-order valence-corrected chi connectivity index (χ4v) is 1.34. The first-order valence-electron chi connectivity index (χ1n) is 6.11. The molecule has 0 saturated heterocycles. The van der Waals surface area contributed by atoms with Gasteiger partial charge in [-0.1, -0.05) is 0 Å². The summed E-state index contributed by atoms with van der Waals surface area (Å²) < 4.78 is 28.3. The number of likely N-dealkylation sites (N-methyl/N-ethyl adjacent to an activating group) is 1. The van der Waals surface area contributed by atoms with Crippen LogP contribution in [0.4, 0.5) is 8.78 Å². The molecule has 1 N–H and O–H groups in total. The minimum absolute atomic E-state index is 0.140. The Bertz CT molecular complexity index is 184. The van der Waals surface area contributed by atoms with Crippen molar-refractivity contribution in [1.29, 1.82) is 0 Å². The largest absolute Gasteiger partial charge is 0.375 e. The highest BCUT2D eigenvalue weighted by molar-refractivity contribution is 4.70. The highest BCUT2D eigenvalue weighted by atomic mass is 19.3. The third kappa shape index (κ3) is 13.7. The number of halogens is 2. The van der Waals surface area contributed by atoms with Crippen molar-refractivity contribution in [3.05, 3.63) is 0 Å². The maximum atomic E-state index is 11.8. The van der Waals surface area contributed by atoms with Crippen molar-refractivity contribution in [2.24, 2.45) is 0 Å². The molecule has 0 heterocycles. The fourth-order valence-electron chi connectivity index (χ4n) is 1.34. The van der Waals surface area contributed by atoms with Crippen molar-refractivity contribution in [1.82, 2.24) is 10.2 Å². The van der Waals surface area contributed by atoms with E-state index in [1.807, 2.05) is 7.05 Å². The molecule has 0 rings (SSSR count). The normalized spacial score (nSPS) is 12.7. The second kappa shape index (κ2) is 8.78. The second-order valence-electron chi connectivity index (χ2n) is 5.30. The van der Waals surface area contributed by atoms with Gasteiger partial charge in [0.15, 0.2) is 0 Å². The number of ether oxygens (including phenoxy) is 1. The van der Waals surface area contributed by atoms with Crippen LogP contribution in [0.3, 0.4) is 0 Å². The number of nitrogens with zero attached hydrogens (tertiary/aromatic N) is 1. The van der Waals surface area contributed by atoms with Gasteiger partial charge in [0.2, 0.25) is 0 Å². The summed E-state index contributed by atoms with van der Waals surface area (Å²) in [4.78, 5) is 2.17. The van der Waals surface area contributed by atoms with Crippen molar-refractivity contribution in [2.75, 3.05) is 39.9 Å². The number of hydrogen-bond donors (Lipinski definition) is 1. The van der Waals surface area contributed by atoms with E-state index in [-0.39, 0.29) is 5.54 Å². The van der Waals surface area contributed by atoms with Crippen LogP contribution < -0.4 is 5.32 Å². The van der Waals surface area contributed by atoms with E-state index in [1.165, 1.54) is 0 Å². The average Bonchev–Trinajstić information content (AvgIpc) is 2.14. The molecule has 5 heteroatoms. The Morgan fingerprint density at radius 2 is 1.88 bits per heavy atom. The van der Waals surface area contributed by atoms with Gasteiger partial charge in [0.05, 0.1) is 0 Å². The van der Waals surface area contributed by atoms with Crippen molar-refractivity contribution >= 4 is 0 Å². The number of alkyl halides is 2. The first-order valence-corrected chi connectivity index (χ1v) is 6.11. The molecule has 0 radical (unpaired) electrons. The van der Waals surface area contributed by atoms with E-state index >= 15 is 0 Å². The number of rotatable bonds is 9. The van der Waals surface area contributed by atoms with E-state index in [0.29, 0.717) is 6.61 Å². The van der Waals surface area contributed by atoms with Crippen LogP contribution in [0, 0.1) is 0 Å². The van der Waals surface area contributed by atoms with Crippen LogP contribution >= 0.6 is 0 Å². The first-order chi connectivity index (χ1) is 7.81. The zero-order valence-corrected chi connectivity index (χ0v) is 11.4. The van der Waals surface area contributed by atoms with Gasteiger partial charge in [-0.2, -0.15) is 0 Å². The lowest BCUT2D eigenvalue weighted by Crippen LogP contribution is -2.40. The lowest BCUT2D eigenvalue weighted by atomic mass is 10.1. The summed E-state index contributed by atoms with van der Waals surface area (Å²) in [6.45, 7) is 9.09. The monoisotopic (exact) mass is 252 g/mol. The first kappa shape index (κ1) is 16.7. The molecule has 0 atom stereocenters. The molecule has 0 aliphatic carbocycles. The third-order valence-corrected chi connectivity index (χ3v) is 2.22.